The smallest absolute Gasteiger partial charge is 0.165 e. The summed E-state index contributed by atoms with van der Waals surface area (Å²) in [5.74, 6) is 0.641. The second kappa shape index (κ2) is 13.5. The Balaban J connectivity index is 1.42. The summed E-state index contributed by atoms with van der Waals surface area (Å²) in [6.07, 6.45) is 20.0. The average Bonchev–Trinajstić information content (AvgIpc) is 2.81. The van der Waals surface area contributed by atoms with Crippen LogP contribution in [0, 0.1) is 11.7 Å². The first-order valence-corrected chi connectivity index (χ1v) is 12.6. The van der Waals surface area contributed by atoms with Crippen LogP contribution in [0.15, 0.2) is 36.5 Å². The number of benzene rings is 1. The Labute approximate surface area is 188 Å². The van der Waals surface area contributed by atoms with E-state index in [1.165, 1.54) is 89.0 Å². The van der Waals surface area contributed by atoms with E-state index in [-0.39, 0.29) is 5.82 Å². The van der Waals surface area contributed by atoms with Crippen LogP contribution >= 0.6 is 0 Å². The standard InChI is InChI=1S/C28H40FNO/c1-2-3-4-5-6-7-8-10-13-23-16-18-27(30-21-23)25-17-19-28(26(29)20-25)31-22-24-14-11-9-12-15-24/h16-21,24H,2-15,22H2,1H3. The van der Waals surface area contributed by atoms with Gasteiger partial charge < -0.3 is 4.74 Å². The molecule has 0 saturated heterocycles. The van der Waals surface area contributed by atoms with E-state index in [1.54, 1.807) is 12.1 Å². The van der Waals surface area contributed by atoms with Crippen molar-refractivity contribution in [2.45, 2.75) is 96.8 Å². The van der Waals surface area contributed by atoms with Gasteiger partial charge >= 0.3 is 0 Å². The fraction of sp³-hybridized carbons (Fsp3) is 0.607. The van der Waals surface area contributed by atoms with Crippen molar-refractivity contribution in [2.75, 3.05) is 6.61 Å². The number of hydrogen-bond donors (Lipinski definition) is 0. The highest BCUT2D eigenvalue weighted by Crippen LogP contribution is 2.28. The van der Waals surface area contributed by atoms with E-state index in [0.717, 1.165) is 17.7 Å². The SMILES string of the molecule is CCCCCCCCCCc1ccc(-c2ccc(OCC3CCCCC3)c(F)c2)nc1. The molecule has 0 aliphatic heterocycles. The topological polar surface area (TPSA) is 22.1 Å². The van der Waals surface area contributed by atoms with Gasteiger partial charge in [-0.2, -0.15) is 0 Å². The molecule has 0 bridgehead atoms. The molecule has 1 heterocycles. The Bertz CT molecular complexity index is 752. The predicted molar refractivity (Wildman–Crippen MR) is 128 cm³/mol. The second-order valence-electron chi connectivity index (χ2n) is 9.24. The summed E-state index contributed by atoms with van der Waals surface area (Å²) in [5.41, 5.74) is 2.89. The third kappa shape index (κ3) is 8.27. The van der Waals surface area contributed by atoms with E-state index in [0.29, 0.717) is 18.3 Å². The monoisotopic (exact) mass is 425 g/mol. The molecule has 0 N–H and O–H groups in total. The van der Waals surface area contributed by atoms with Gasteiger partial charge in [-0.1, -0.05) is 77.2 Å². The third-order valence-electron chi connectivity index (χ3n) is 6.57. The highest BCUT2D eigenvalue weighted by Gasteiger charge is 2.15. The lowest BCUT2D eigenvalue weighted by atomic mass is 9.90. The molecule has 1 aliphatic carbocycles. The van der Waals surface area contributed by atoms with Crippen molar-refractivity contribution < 1.29 is 9.13 Å². The first-order chi connectivity index (χ1) is 15.3. The molecule has 1 fully saturated rings. The fourth-order valence-corrected chi connectivity index (χ4v) is 4.54. The minimum atomic E-state index is -0.293. The predicted octanol–water partition coefficient (Wildman–Crippen LogP) is 8.53. The zero-order valence-electron chi connectivity index (χ0n) is 19.4. The molecule has 2 nitrogen and oxygen atoms in total. The van der Waals surface area contributed by atoms with Gasteiger partial charge in [0.25, 0.3) is 0 Å². The van der Waals surface area contributed by atoms with E-state index in [9.17, 15) is 4.39 Å². The number of unbranched alkanes of at least 4 members (excludes halogenated alkanes) is 7. The summed E-state index contributed by atoms with van der Waals surface area (Å²) in [6.45, 7) is 2.89. The molecule has 2 aromatic rings. The number of aryl methyl sites for hydroxylation is 1. The van der Waals surface area contributed by atoms with Crippen LogP contribution in [-0.4, -0.2) is 11.6 Å². The molecule has 0 spiro atoms. The van der Waals surface area contributed by atoms with Crippen molar-refractivity contribution in [3.8, 4) is 17.0 Å². The van der Waals surface area contributed by atoms with E-state index in [4.69, 9.17) is 4.74 Å². The van der Waals surface area contributed by atoms with Gasteiger partial charge in [0.1, 0.15) is 0 Å². The van der Waals surface area contributed by atoms with Crippen molar-refractivity contribution in [2.24, 2.45) is 5.92 Å². The number of pyridine rings is 1. The molecule has 1 saturated carbocycles. The third-order valence-corrected chi connectivity index (χ3v) is 6.57. The van der Waals surface area contributed by atoms with Crippen LogP contribution in [0.3, 0.4) is 0 Å². The van der Waals surface area contributed by atoms with Crippen molar-refractivity contribution in [3.05, 3.63) is 47.9 Å². The van der Waals surface area contributed by atoms with Crippen LogP contribution in [0.4, 0.5) is 4.39 Å². The number of halogens is 1. The van der Waals surface area contributed by atoms with E-state index in [1.807, 2.05) is 18.3 Å². The van der Waals surface area contributed by atoms with Crippen LogP contribution in [0.2, 0.25) is 0 Å². The van der Waals surface area contributed by atoms with Gasteiger partial charge in [0.15, 0.2) is 11.6 Å². The lowest BCUT2D eigenvalue weighted by molar-refractivity contribution is 0.202. The molecule has 0 radical (unpaired) electrons. The first kappa shape index (κ1) is 23.8. The highest BCUT2D eigenvalue weighted by molar-refractivity contribution is 5.60. The Kier molecular flexibility index (Phi) is 10.3. The van der Waals surface area contributed by atoms with Crippen LogP contribution in [0.1, 0.15) is 96.0 Å². The van der Waals surface area contributed by atoms with Gasteiger partial charge in [-0.15, -0.1) is 0 Å². The Morgan fingerprint density at radius 2 is 1.65 bits per heavy atom. The van der Waals surface area contributed by atoms with Crippen molar-refractivity contribution in [1.29, 1.82) is 0 Å². The van der Waals surface area contributed by atoms with Gasteiger partial charge in [0.05, 0.1) is 12.3 Å². The summed E-state index contributed by atoms with van der Waals surface area (Å²) in [6, 6.07) is 9.37. The van der Waals surface area contributed by atoms with Gasteiger partial charge in [-0.3, -0.25) is 4.98 Å². The highest BCUT2D eigenvalue weighted by atomic mass is 19.1. The van der Waals surface area contributed by atoms with E-state index >= 15 is 0 Å². The van der Waals surface area contributed by atoms with Crippen LogP contribution in [-0.2, 0) is 6.42 Å². The van der Waals surface area contributed by atoms with Gasteiger partial charge in [-0.25, -0.2) is 4.39 Å². The lowest BCUT2D eigenvalue weighted by Gasteiger charge is -2.21. The van der Waals surface area contributed by atoms with E-state index < -0.39 is 0 Å². The maximum absolute atomic E-state index is 14.6. The Hall–Kier alpha value is -1.90. The molecule has 1 aliphatic rings. The number of rotatable bonds is 13. The lowest BCUT2D eigenvalue weighted by Crippen LogP contribution is -2.15. The molecule has 0 atom stereocenters. The minimum Gasteiger partial charge on any atom is -0.490 e. The molecule has 1 aromatic carbocycles. The molecular weight excluding hydrogens is 385 g/mol. The average molecular weight is 426 g/mol. The molecule has 0 unspecified atom stereocenters. The number of ether oxygens (including phenoxy) is 1. The zero-order chi connectivity index (χ0) is 21.7. The zero-order valence-corrected chi connectivity index (χ0v) is 19.4. The van der Waals surface area contributed by atoms with E-state index in [2.05, 4.69) is 18.0 Å². The number of aromatic nitrogens is 1. The summed E-state index contributed by atoms with van der Waals surface area (Å²) in [7, 11) is 0. The van der Waals surface area contributed by atoms with Crippen LogP contribution in [0.5, 0.6) is 5.75 Å². The molecule has 170 valence electrons. The fourth-order valence-electron chi connectivity index (χ4n) is 4.54. The normalized spacial score (nSPS) is 14.6. The van der Waals surface area contributed by atoms with Crippen LogP contribution in [0.25, 0.3) is 11.3 Å². The van der Waals surface area contributed by atoms with Crippen molar-refractivity contribution >= 4 is 0 Å². The second-order valence-corrected chi connectivity index (χ2v) is 9.24. The molecule has 31 heavy (non-hydrogen) atoms. The molecule has 0 amide bonds. The Morgan fingerprint density at radius 3 is 2.32 bits per heavy atom. The van der Waals surface area contributed by atoms with Gasteiger partial charge in [-0.05, 0) is 61.4 Å². The molecular formula is C28H40FNO. The largest absolute Gasteiger partial charge is 0.490 e. The molecule has 3 heteroatoms. The first-order valence-electron chi connectivity index (χ1n) is 12.6. The quantitative estimate of drug-likeness (QED) is 0.300. The minimum absolute atomic E-state index is 0.293. The molecule has 1 aromatic heterocycles. The summed E-state index contributed by atoms with van der Waals surface area (Å²) in [5, 5.41) is 0. The maximum Gasteiger partial charge on any atom is 0.165 e. The van der Waals surface area contributed by atoms with Crippen molar-refractivity contribution in [3.63, 3.8) is 0 Å². The maximum atomic E-state index is 14.6. The number of hydrogen-bond acceptors (Lipinski definition) is 2. The summed E-state index contributed by atoms with van der Waals surface area (Å²) in [4.78, 5) is 4.58. The Morgan fingerprint density at radius 1 is 0.903 bits per heavy atom. The van der Waals surface area contributed by atoms with Gasteiger partial charge in [0, 0.05) is 11.8 Å². The van der Waals surface area contributed by atoms with Crippen molar-refractivity contribution in [1.82, 2.24) is 4.98 Å². The summed E-state index contributed by atoms with van der Waals surface area (Å²) >= 11 is 0. The molecule has 3 rings (SSSR count). The number of nitrogens with zero attached hydrogens (tertiary/aromatic N) is 1. The van der Waals surface area contributed by atoms with Gasteiger partial charge in [0.2, 0.25) is 0 Å². The summed E-state index contributed by atoms with van der Waals surface area (Å²) < 4.78 is 20.3. The van der Waals surface area contributed by atoms with Crippen LogP contribution < -0.4 is 4.74 Å².